The van der Waals surface area contributed by atoms with Gasteiger partial charge in [-0.15, -0.1) is 0 Å². The largest absolute Gasteiger partial charge is 0.487 e. The Bertz CT molecular complexity index is 1390. The lowest BCUT2D eigenvalue weighted by Gasteiger charge is -2.37. The fraction of sp³-hybridized carbons (Fsp3) is 0.483. The molecule has 2 aromatic rings. The van der Waals surface area contributed by atoms with Gasteiger partial charge in [0.15, 0.2) is 11.5 Å². The van der Waals surface area contributed by atoms with Crippen molar-refractivity contribution in [3.05, 3.63) is 48.0 Å². The van der Waals surface area contributed by atoms with Crippen LogP contribution in [-0.2, 0) is 10.0 Å². The van der Waals surface area contributed by atoms with Crippen LogP contribution in [0.4, 0.5) is 10.5 Å². The maximum atomic E-state index is 13.8. The molecule has 0 saturated carbocycles. The van der Waals surface area contributed by atoms with Gasteiger partial charge < -0.3 is 29.5 Å². The Balaban J connectivity index is 1.42. The molecular weight excluding hydrogens is 534 g/mol. The van der Waals surface area contributed by atoms with Crippen molar-refractivity contribution in [2.45, 2.75) is 56.6 Å². The van der Waals surface area contributed by atoms with Gasteiger partial charge in [-0.3, -0.25) is 0 Å². The maximum Gasteiger partial charge on any atom is 0.321 e. The summed E-state index contributed by atoms with van der Waals surface area (Å²) < 4.78 is 46.1. The molecule has 11 heteroatoms. The lowest BCUT2D eigenvalue weighted by Crippen LogP contribution is -2.50. The molecule has 10 nitrogen and oxygen atoms in total. The second-order valence-electron chi connectivity index (χ2n) is 10.8. The standard InChI is InChI=1S/C29H37N3O7S/c1-19-15-32(20(2)17-33)40(35,36)28-12-9-22(21-7-5-4-6-8-21)13-26(28)39-27(19)16-31(3)29(34)30-23-10-11-24-25(14-23)38-18-37-24/h7,9-14,19-20,27,33H,4-6,8,15-18H2,1-3H3,(H,30,34)/t19-,20+,27-/m0/s1. The van der Waals surface area contributed by atoms with E-state index in [1.807, 2.05) is 19.1 Å². The number of benzene rings is 2. The van der Waals surface area contributed by atoms with Gasteiger partial charge in [0.2, 0.25) is 16.8 Å². The van der Waals surface area contributed by atoms with Gasteiger partial charge in [-0.2, -0.15) is 4.31 Å². The van der Waals surface area contributed by atoms with E-state index in [0.29, 0.717) is 17.2 Å². The quantitative estimate of drug-likeness (QED) is 0.531. The lowest BCUT2D eigenvalue weighted by molar-refractivity contribution is 0.0830. The summed E-state index contributed by atoms with van der Waals surface area (Å²) in [6, 6.07) is 9.48. The summed E-state index contributed by atoms with van der Waals surface area (Å²) in [6.07, 6.45) is 5.86. The first-order valence-electron chi connectivity index (χ1n) is 13.7. The molecule has 0 spiro atoms. The average molecular weight is 572 g/mol. The van der Waals surface area contributed by atoms with Crippen LogP contribution < -0.4 is 19.5 Å². The zero-order valence-electron chi connectivity index (χ0n) is 23.1. The van der Waals surface area contributed by atoms with Crippen molar-refractivity contribution in [1.82, 2.24) is 9.21 Å². The maximum absolute atomic E-state index is 13.8. The third kappa shape index (κ3) is 5.77. The van der Waals surface area contributed by atoms with Crippen molar-refractivity contribution < 1.29 is 32.5 Å². The number of allylic oxidation sites excluding steroid dienone is 2. The van der Waals surface area contributed by atoms with Crippen molar-refractivity contribution in [3.8, 4) is 17.2 Å². The Morgan fingerprint density at radius 2 is 1.95 bits per heavy atom. The van der Waals surface area contributed by atoms with Crippen LogP contribution in [0.3, 0.4) is 0 Å². The molecule has 3 aliphatic rings. The normalized spacial score (nSPS) is 22.6. The molecule has 1 aliphatic carbocycles. The van der Waals surface area contributed by atoms with Crippen LogP contribution in [-0.4, -0.2) is 74.4 Å². The van der Waals surface area contributed by atoms with Crippen LogP contribution in [0, 0.1) is 5.92 Å². The monoisotopic (exact) mass is 571 g/mol. The fourth-order valence-electron chi connectivity index (χ4n) is 5.29. The molecule has 3 atom stereocenters. The number of carbonyl (C=O) groups is 1. The number of nitrogens with one attached hydrogen (secondary N) is 1. The second kappa shape index (κ2) is 11.7. The predicted octanol–water partition coefficient (Wildman–Crippen LogP) is 4.31. The minimum Gasteiger partial charge on any atom is -0.487 e. The molecule has 2 amide bonds. The number of hydrogen-bond donors (Lipinski definition) is 2. The number of fused-ring (bicyclic) bond motifs is 2. The van der Waals surface area contributed by atoms with E-state index in [0.717, 1.165) is 31.2 Å². The summed E-state index contributed by atoms with van der Waals surface area (Å²) in [4.78, 5) is 14.7. The van der Waals surface area contributed by atoms with E-state index in [-0.39, 0.29) is 49.1 Å². The first-order valence-corrected chi connectivity index (χ1v) is 15.2. The highest BCUT2D eigenvalue weighted by Crippen LogP contribution is 2.38. The summed E-state index contributed by atoms with van der Waals surface area (Å²) in [6.45, 7) is 3.78. The van der Waals surface area contributed by atoms with Crippen LogP contribution in [0.2, 0.25) is 0 Å². The number of amides is 2. The van der Waals surface area contributed by atoms with Crippen LogP contribution >= 0.6 is 0 Å². The zero-order valence-corrected chi connectivity index (χ0v) is 23.9. The Labute approximate surface area is 235 Å². The molecule has 216 valence electrons. The molecule has 2 heterocycles. The van der Waals surface area contributed by atoms with Gasteiger partial charge in [0.1, 0.15) is 16.7 Å². The molecule has 0 aromatic heterocycles. The highest BCUT2D eigenvalue weighted by molar-refractivity contribution is 7.89. The molecule has 2 aromatic carbocycles. The van der Waals surface area contributed by atoms with Crippen LogP contribution in [0.5, 0.6) is 17.2 Å². The predicted molar refractivity (Wildman–Crippen MR) is 151 cm³/mol. The van der Waals surface area contributed by atoms with Gasteiger partial charge in [-0.25, -0.2) is 13.2 Å². The molecule has 0 bridgehead atoms. The van der Waals surface area contributed by atoms with Crippen LogP contribution in [0.25, 0.3) is 5.57 Å². The Kier molecular flexibility index (Phi) is 8.25. The zero-order chi connectivity index (χ0) is 28.4. The van der Waals surface area contributed by atoms with Crippen molar-refractivity contribution in [2.75, 3.05) is 38.9 Å². The van der Waals surface area contributed by atoms with Gasteiger partial charge in [-0.05, 0) is 68.0 Å². The summed E-state index contributed by atoms with van der Waals surface area (Å²) >= 11 is 0. The number of ether oxygens (including phenoxy) is 3. The Morgan fingerprint density at radius 1 is 1.15 bits per heavy atom. The molecule has 5 rings (SSSR count). The number of nitrogens with zero attached hydrogens (tertiary/aromatic N) is 2. The Hall–Kier alpha value is -3.28. The van der Waals surface area contributed by atoms with Crippen LogP contribution in [0.1, 0.15) is 45.1 Å². The summed E-state index contributed by atoms with van der Waals surface area (Å²) in [5.41, 5.74) is 2.69. The highest BCUT2D eigenvalue weighted by atomic mass is 32.2. The van der Waals surface area contributed by atoms with Crippen molar-refractivity contribution >= 4 is 27.3 Å². The third-order valence-electron chi connectivity index (χ3n) is 7.75. The van der Waals surface area contributed by atoms with Gasteiger partial charge in [0, 0.05) is 37.3 Å². The number of aliphatic hydroxyl groups is 1. The van der Waals surface area contributed by atoms with Gasteiger partial charge >= 0.3 is 6.03 Å². The average Bonchev–Trinajstić information content (AvgIpc) is 3.42. The number of rotatable bonds is 6. The molecule has 2 N–H and O–H groups in total. The molecule has 0 fully saturated rings. The minimum absolute atomic E-state index is 0.0670. The number of anilines is 1. The molecule has 0 unspecified atom stereocenters. The second-order valence-corrected chi connectivity index (χ2v) is 12.6. The number of urea groups is 1. The highest BCUT2D eigenvalue weighted by Gasteiger charge is 2.38. The summed E-state index contributed by atoms with van der Waals surface area (Å²) in [7, 11) is -2.26. The first-order chi connectivity index (χ1) is 19.2. The third-order valence-corrected chi connectivity index (χ3v) is 9.77. The van der Waals surface area contributed by atoms with Gasteiger partial charge in [0.05, 0.1) is 13.2 Å². The molecule has 0 saturated heterocycles. The van der Waals surface area contributed by atoms with Gasteiger partial charge in [-0.1, -0.05) is 19.1 Å². The van der Waals surface area contributed by atoms with E-state index in [9.17, 15) is 18.3 Å². The van der Waals surface area contributed by atoms with E-state index < -0.39 is 22.2 Å². The number of likely N-dealkylation sites (N-methyl/N-ethyl adjacent to an activating group) is 1. The lowest BCUT2D eigenvalue weighted by atomic mass is 9.93. The van der Waals surface area contributed by atoms with E-state index in [4.69, 9.17) is 14.2 Å². The molecular formula is C29H37N3O7S. The molecule has 2 aliphatic heterocycles. The number of carbonyl (C=O) groups excluding carboxylic acids is 1. The van der Waals surface area contributed by atoms with Crippen molar-refractivity contribution in [1.29, 1.82) is 0 Å². The topological polar surface area (TPSA) is 118 Å². The van der Waals surface area contributed by atoms with Crippen molar-refractivity contribution in [3.63, 3.8) is 0 Å². The summed E-state index contributed by atoms with van der Waals surface area (Å²) in [5.74, 6) is 1.18. The minimum atomic E-state index is -3.93. The summed E-state index contributed by atoms with van der Waals surface area (Å²) in [5, 5.41) is 12.8. The van der Waals surface area contributed by atoms with Crippen LogP contribution in [0.15, 0.2) is 47.4 Å². The fourth-order valence-corrected chi connectivity index (χ4v) is 7.12. The smallest absolute Gasteiger partial charge is 0.321 e. The van der Waals surface area contributed by atoms with Gasteiger partial charge in [0.25, 0.3) is 0 Å². The van der Waals surface area contributed by atoms with E-state index in [1.165, 1.54) is 14.8 Å². The number of aliphatic hydroxyl groups excluding tert-OH is 1. The number of sulfonamides is 1. The van der Waals surface area contributed by atoms with Crippen molar-refractivity contribution in [2.24, 2.45) is 5.92 Å². The molecule has 0 radical (unpaired) electrons. The first kappa shape index (κ1) is 28.3. The molecule has 40 heavy (non-hydrogen) atoms. The number of hydrogen-bond acceptors (Lipinski definition) is 7. The SMILES string of the molecule is C[C@H](CO)N1C[C@H](C)[C@H](CN(C)C(=O)Nc2ccc3c(c2)OCO3)Oc2cc(C3=CCCCC3)ccc2S1(=O)=O. The van der Waals surface area contributed by atoms with E-state index >= 15 is 0 Å². The Morgan fingerprint density at radius 3 is 2.70 bits per heavy atom. The van der Waals surface area contributed by atoms with E-state index in [2.05, 4.69) is 11.4 Å². The van der Waals surface area contributed by atoms with E-state index in [1.54, 1.807) is 38.2 Å².